The second-order valence-electron chi connectivity index (χ2n) is 6.50. The number of nitrogens with one attached hydrogen (secondary N) is 2. The first-order valence-electron chi connectivity index (χ1n) is 9.21. The van der Waals surface area contributed by atoms with E-state index < -0.39 is 0 Å². The van der Waals surface area contributed by atoms with E-state index in [9.17, 15) is 4.39 Å². The Morgan fingerprint density at radius 2 is 2.15 bits per heavy atom. The van der Waals surface area contributed by atoms with E-state index in [0.29, 0.717) is 25.0 Å². The fourth-order valence-electron chi connectivity index (χ4n) is 3.08. The van der Waals surface area contributed by atoms with Gasteiger partial charge < -0.3 is 15.4 Å². The lowest BCUT2D eigenvalue weighted by molar-refractivity contribution is -0.0165. The van der Waals surface area contributed by atoms with E-state index in [2.05, 4.69) is 29.4 Å². The van der Waals surface area contributed by atoms with Gasteiger partial charge >= 0.3 is 0 Å². The molecule has 1 fully saturated rings. The predicted octanol–water partition coefficient (Wildman–Crippen LogP) is 2.65. The Kier molecular flexibility index (Phi) is 11.1. The summed E-state index contributed by atoms with van der Waals surface area (Å²) in [7, 11) is 0. The Labute approximate surface area is 173 Å². The molecule has 0 amide bonds. The zero-order valence-electron chi connectivity index (χ0n) is 16.0. The average molecular weight is 478 g/mol. The molecular formula is C19H32FIN4O. The molecule has 0 saturated carbocycles. The molecule has 1 saturated heterocycles. The summed E-state index contributed by atoms with van der Waals surface area (Å²) in [6.45, 7) is 11.1. The van der Waals surface area contributed by atoms with Crippen molar-refractivity contribution in [1.29, 1.82) is 0 Å². The first-order valence-corrected chi connectivity index (χ1v) is 9.21. The van der Waals surface area contributed by atoms with Crippen molar-refractivity contribution in [3.8, 4) is 0 Å². The summed E-state index contributed by atoms with van der Waals surface area (Å²) in [5.41, 5.74) is 0.723. The lowest BCUT2D eigenvalue weighted by Gasteiger charge is -2.37. The van der Waals surface area contributed by atoms with Gasteiger partial charge in [-0.25, -0.2) is 4.39 Å². The Balaban J connectivity index is 0.00000338. The standard InChI is InChI=1S/C19H31FN4O.HI/c1-4-21-19(22-10-9-17-7-5-6-8-18(17)20)23-13-15(2)24-11-12-25-14-16(24)3;/h5-8,15-16H,4,9-14H2,1-3H3,(H2,21,22,23);1H. The third kappa shape index (κ3) is 7.36. The van der Waals surface area contributed by atoms with Crippen molar-refractivity contribution in [2.45, 2.75) is 39.3 Å². The van der Waals surface area contributed by atoms with Crippen LogP contribution in [0.15, 0.2) is 29.3 Å². The number of halogens is 2. The zero-order valence-corrected chi connectivity index (χ0v) is 18.3. The highest BCUT2D eigenvalue weighted by Gasteiger charge is 2.23. The smallest absolute Gasteiger partial charge is 0.191 e. The van der Waals surface area contributed by atoms with Crippen LogP contribution >= 0.6 is 24.0 Å². The quantitative estimate of drug-likeness (QED) is 0.360. The molecule has 26 heavy (non-hydrogen) atoms. The van der Waals surface area contributed by atoms with Gasteiger partial charge in [0, 0.05) is 31.7 Å². The normalized spacial score (nSPS) is 19.5. The van der Waals surface area contributed by atoms with E-state index in [-0.39, 0.29) is 29.8 Å². The molecule has 0 radical (unpaired) electrons. The van der Waals surface area contributed by atoms with Crippen molar-refractivity contribution in [1.82, 2.24) is 15.5 Å². The summed E-state index contributed by atoms with van der Waals surface area (Å²) >= 11 is 0. The van der Waals surface area contributed by atoms with Gasteiger partial charge in [0.1, 0.15) is 5.82 Å². The Bertz CT molecular complexity index is 558. The number of hydrogen-bond acceptors (Lipinski definition) is 3. The van der Waals surface area contributed by atoms with Crippen LogP contribution in [0.3, 0.4) is 0 Å². The van der Waals surface area contributed by atoms with Crippen molar-refractivity contribution in [3.63, 3.8) is 0 Å². The van der Waals surface area contributed by atoms with Crippen molar-refractivity contribution in [2.24, 2.45) is 4.99 Å². The van der Waals surface area contributed by atoms with Crippen LogP contribution in [0.4, 0.5) is 4.39 Å². The van der Waals surface area contributed by atoms with Crippen LogP contribution in [0, 0.1) is 5.82 Å². The molecule has 2 atom stereocenters. The molecule has 1 aromatic carbocycles. The Morgan fingerprint density at radius 1 is 1.38 bits per heavy atom. The lowest BCUT2D eigenvalue weighted by Crippen LogP contribution is -2.49. The topological polar surface area (TPSA) is 48.9 Å². The Hall–Kier alpha value is -0.930. The second-order valence-corrected chi connectivity index (χ2v) is 6.50. The summed E-state index contributed by atoms with van der Waals surface area (Å²) in [6.07, 6.45) is 0.632. The maximum absolute atomic E-state index is 13.7. The zero-order chi connectivity index (χ0) is 18.1. The van der Waals surface area contributed by atoms with Gasteiger partial charge in [-0.15, -0.1) is 24.0 Å². The number of benzene rings is 1. The molecule has 7 heteroatoms. The van der Waals surface area contributed by atoms with Crippen molar-refractivity contribution >= 4 is 29.9 Å². The molecular weight excluding hydrogens is 446 g/mol. The first kappa shape index (κ1) is 23.1. The minimum absolute atomic E-state index is 0. The van der Waals surface area contributed by atoms with Crippen LogP contribution in [0.2, 0.25) is 0 Å². The van der Waals surface area contributed by atoms with Crippen molar-refractivity contribution in [2.75, 3.05) is 39.4 Å². The van der Waals surface area contributed by atoms with Crippen LogP contribution in [0.5, 0.6) is 0 Å². The highest BCUT2D eigenvalue weighted by Crippen LogP contribution is 2.11. The molecule has 2 unspecified atom stereocenters. The summed E-state index contributed by atoms with van der Waals surface area (Å²) in [5.74, 6) is 0.632. The number of nitrogens with zero attached hydrogens (tertiary/aromatic N) is 2. The molecule has 0 aromatic heterocycles. The molecule has 5 nitrogen and oxygen atoms in total. The van der Waals surface area contributed by atoms with Gasteiger partial charge in [0.05, 0.1) is 19.8 Å². The molecule has 1 aliphatic rings. The van der Waals surface area contributed by atoms with Crippen molar-refractivity contribution in [3.05, 3.63) is 35.6 Å². The number of morpholine rings is 1. The van der Waals surface area contributed by atoms with E-state index in [1.54, 1.807) is 6.07 Å². The van der Waals surface area contributed by atoms with Gasteiger partial charge in [0.15, 0.2) is 5.96 Å². The van der Waals surface area contributed by atoms with Gasteiger partial charge in [-0.05, 0) is 38.8 Å². The van der Waals surface area contributed by atoms with E-state index in [0.717, 1.165) is 44.4 Å². The molecule has 1 heterocycles. The summed E-state index contributed by atoms with van der Waals surface area (Å²) in [5, 5.41) is 6.55. The third-order valence-electron chi connectivity index (χ3n) is 4.49. The van der Waals surface area contributed by atoms with E-state index in [4.69, 9.17) is 9.73 Å². The number of aliphatic imine (C=N–C) groups is 1. The lowest BCUT2D eigenvalue weighted by atomic mass is 10.1. The molecule has 0 spiro atoms. The van der Waals surface area contributed by atoms with Gasteiger partial charge in [0.25, 0.3) is 0 Å². The van der Waals surface area contributed by atoms with Gasteiger partial charge in [0.2, 0.25) is 0 Å². The highest BCUT2D eigenvalue weighted by molar-refractivity contribution is 14.0. The van der Waals surface area contributed by atoms with Crippen LogP contribution in [0.25, 0.3) is 0 Å². The first-order chi connectivity index (χ1) is 12.1. The van der Waals surface area contributed by atoms with Crippen LogP contribution < -0.4 is 10.6 Å². The molecule has 148 valence electrons. The summed E-state index contributed by atoms with van der Waals surface area (Å²) in [6, 6.07) is 7.69. The largest absolute Gasteiger partial charge is 0.379 e. The highest BCUT2D eigenvalue weighted by atomic mass is 127. The minimum Gasteiger partial charge on any atom is -0.379 e. The van der Waals surface area contributed by atoms with Gasteiger partial charge in [-0.2, -0.15) is 0 Å². The van der Waals surface area contributed by atoms with Crippen LogP contribution in [0.1, 0.15) is 26.3 Å². The maximum atomic E-state index is 13.7. The van der Waals surface area contributed by atoms with E-state index in [1.165, 1.54) is 6.07 Å². The monoisotopic (exact) mass is 478 g/mol. The Morgan fingerprint density at radius 3 is 2.85 bits per heavy atom. The van der Waals surface area contributed by atoms with Crippen molar-refractivity contribution < 1.29 is 9.13 Å². The molecule has 1 aliphatic heterocycles. The molecule has 2 N–H and O–H groups in total. The number of rotatable bonds is 7. The molecule has 1 aromatic rings. The van der Waals surface area contributed by atoms with Gasteiger partial charge in [-0.3, -0.25) is 9.89 Å². The third-order valence-corrected chi connectivity index (χ3v) is 4.49. The van der Waals surface area contributed by atoms with Crippen LogP contribution in [-0.4, -0.2) is 62.3 Å². The summed E-state index contributed by atoms with van der Waals surface area (Å²) in [4.78, 5) is 7.14. The SMILES string of the molecule is CCNC(=NCC(C)N1CCOCC1C)NCCc1ccccc1F.I. The molecule has 0 aliphatic carbocycles. The minimum atomic E-state index is -0.152. The maximum Gasteiger partial charge on any atom is 0.191 e. The predicted molar refractivity (Wildman–Crippen MR) is 116 cm³/mol. The molecule has 2 rings (SSSR count). The van der Waals surface area contributed by atoms with E-state index >= 15 is 0 Å². The molecule has 0 bridgehead atoms. The summed E-state index contributed by atoms with van der Waals surface area (Å²) < 4.78 is 19.2. The van der Waals surface area contributed by atoms with Gasteiger partial charge in [-0.1, -0.05) is 18.2 Å². The number of hydrogen-bond donors (Lipinski definition) is 2. The van der Waals surface area contributed by atoms with E-state index in [1.807, 2.05) is 19.1 Å². The number of ether oxygens (including phenoxy) is 1. The fraction of sp³-hybridized carbons (Fsp3) is 0.632. The number of guanidine groups is 1. The fourth-order valence-corrected chi connectivity index (χ4v) is 3.08. The second kappa shape index (κ2) is 12.5. The average Bonchev–Trinajstić information content (AvgIpc) is 2.61. The van der Waals surface area contributed by atoms with Crippen LogP contribution in [-0.2, 0) is 11.2 Å².